The monoisotopic (exact) mass is 296 g/mol. The fourth-order valence-corrected chi connectivity index (χ4v) is 2.67. The normalized spacial score (nSPS) is 12.0. The highest BCUT2D eigenvalue weighted by atomic mass is 16.1. The number of nitrogens with one attached hydrogen (secondary N) is 2. The Kier molecular flexibility index (Phi) is 5.34. The van der Waals surface area contributed by atoms with E-state index in [-0.39, 0.29) is 11.9 Å². The fourth-order valence-electron chi connectivity index (χ4n) is 2.67. The second kappa shape index (κ2) is 7.23. The number of aryl methyl sites for hydroxylation is 3. The zero-order chi connectivity index (χ0) is 16.1. The Bertz CT molecular complexity index is 627. The first-order chi connectivity index (χ1) is 10.5. The van der Waals surface area contributed by atoms with E-state index in [1.54, 1.807) is 0 Å². The molecule has 3 nitrogen and oxygen atoms in total. The van der Waals surface area contributed by atoms with Crippen LogP contribution in [-0.4, -0.2) is 12.5 Å². The predicted octanol–water partition coefficient (Wildman–Crippen LogP) is 3.90. The summed E-state index contributed by atoms with van der Waals surface area (Å²) in [5.74, 6) is -0.0159. The van der Waals surface area contributed by atoms with E-state index in [2.05, 4.69) is 48.7 Å². The van der Waals surface area contributed by atoms with Crippen LogP contribution in [0.25, 0.3) is 0 Å². The molecule has 2 N–H and O–H groups in total. The van der Waals surface area contributed by atoms with Crippen LogP contribution in [0.15, 0.2) is 42.5 Å². The van der Waals surface area contributed by atoms with Gasteiger partial charge in [0.2, 0.25) is 5.91 Å². The van der Waals surface area contributed by atoms with Crippen LogP contribution < -0.4 is 10.6 Å². The average molecular weight is 296 g/mol. The van der Waals surface area contributed by atoms with Crippen LogP contribution in [0.3, 0.4) is 0 Å². The topological polar surface area (TPSA) is 41.1 Å². The Hall–Kier alpha value is -2.13. The maximum Gasteiger partial charge on any atom is 0.238 e. The van der Waals surface area contributed by atoms with Gasteiger partial charge in [-0.3, -0.25) is 4.79 Å². The molecule has 0 radical (unpaired) electrons. The zero-order valence-electron chi connectivity index (χ0n) is 13.7. The molecule has 1 atom stereocenters. The number of carbonyl (C=O) groups excluding carboxylic acids is 1. The number of carbonyl (C=O) groups is 1. The molecule has 22 heavy (non-hydrogen) atoms. The van der Waals surface area contributed by atoms with E-state index in [0.717, 1.165) is 16.8 Å². The molecule has 1 amide bonds. The van der Waals surface area contributed by atoms with Gasteiger partial charge in [-0.2, -0.15) is 0 Å². The van der Waals surface area contributed by atoms with Crippen LogP contribution in [0.1, 0.15) is 35.2 Å². The van der Waals surface area contributed by atoms with Crippen LogP contribution in [0.5, 0.6) is 0 Å². The molecule has 0 bridgehead atoms. The minimum Gasteiger partial charge on any atom is -0.324 e. The van der Waals surface area contributed by atoms with Gasteiger partial charge in [0.15, 0.2) is 0 Å². The Morgan fingerprint density at radius 1 is 1.05 bits per heavy atom. The fraction of sp³-hybridized carbons (Fsp3) is 0.316. The molecule has 2 aromatic carbocycles. The van der Waals surface area contributed by atoms with E-state index in [9.17, 15) is 4.79 Å². The molecule has 116 valence electrons. The summed E-state index contributed by atoms with van der Waals surface area (Å²) in [5.41, 5.74) is 5.51. The summed E-state index contributed by atoms with van der Waals surface area (Å²) < 4.78 is 0. The summed E-state index contributed by atoms with van der Waals surface area (Å²) in [7, 11) is 0. The predicted molar refractivity (Wildman–Crippen MR) is 92.1 cm³/mol. The number of hydrogen-bond donors (Lipinski definition) is 2. The summed E-state index contributed by atoms with van der Waals surface area (Å²) in [6, 6.07) is 14.4. The van der Waals surface area contributed by atoms with E-state index in [4.69, 9.17) is 0 Å². The molecule has 2 aromatic rings. The number of hydrogen-bond acceptors (Lipinski definition) is 2. The molecule has 0 unspecified atom stereocenters. The van der Waals surface area contributed by atoms with Crippen molar-refractivity contribution < 1.29 is 4.79 Å². The zero-order valence-corrected chi connectivity index (χ0v) is 13.7. The highest BCUT2D eigenvalue weighted by molar-refractivity contribution is 5.93. The quantitative estimate of drug-likeness (QED) is 0.878. The van der Waals surface area contributed by atoms with Crippen LogP contribution in [-0.2, 0) is 4.79 Å². The highest BCUT2D eigenvalue weighted by Gasteiger charge is 2.10. The molecule has 0 aliphatic carbocycles. The summed E-state index contributed by atoms with van der Waals surface area (Å²) >= 11 is 0. The van der Waals surface area contributed by atoms with Gasteiger partial charge in [-0.25, -0.2) is 0 Å². The van der Waals surface area contributed by atoms with Gasteiger partial charge in [0.1, 0.15) is 0 Å². The van der Waals surface area contributed by atoms with Crippen LogP contribution in [0, 0.1) is 20.8 Å². The van der Waals surface area contributed by atoms with Crippen molar-refractivity contribution in [3.63, 3.8) is 0 Å². The van der Waals surface area contributed by atoms with Crippen molar-refractivity contribution in [1.82, 2.24) is 5.32 Å². The number of benzene rings is 2. The maximum atomic E-state index is 12.2. The third-order valence-electron chi connectivity index (χ3n) is 3.81. The Balaban J connectivity index is 1.94. The molecule has 0 aromatic heterocycles. The van der Waals surface area contributed by atoms with Gasteiger partial charge >= 0.3 is 0 Å². The highest BCUT2D eigenvalue weighted by Crippen LogP contribution is 2.21. The van der Waals surface area contributed by atoms with Crippen molar-refractivity contribution in [3.05, 3.63) is 64.7 Å². The smallest absolute Gasteiger partial charge is 0.238 e. The first kappa shape index (κ1) is 16.2. The van der Waals surface area contributed by atoms with Gasteiger partial charge in [-0.15, -0.1) is 0 Å². The summed E-state index contributed by atoms with van der Waals surface area (Å²) in [6.07, 6.45) is 0. The van der Waals surface area contributed by atoms with E-state index in [0.29, 0.717) is 6.54 Å². The number of rotatable bonds is 5. The Labute approximate surface area is 132 Å². The van der Waals surface area contributed by atoms with Gasteiger partial charge in [-0.05, 0) is 44.4 Å². The summed E-state index contributed by atoms with van der Waals surface area (Å²) in [5, 5.41) is 6.27. The first-order valence-electron chi connectivity index (χ1n) is 7.63. The Morgan fingerprint density at radius 3 is 2.23 bits per heavy atom. The summed E-state index contributed by atoms with van der Waals surface area (Å²) in [4.78, 5) is 12.2. The molecule has 0 saturated heterocycles. The van der Waals surface area contributed by atoms with E-state index >= 15 is 0 Å². The minimum atomic E-state index is -0.0159. The van der Waals surface area contributed by atoms with Crippen molar-refractivity contribution in [2.24, 2.45) is 0 Å². The van der Waals surface area contributed by atoms with Crippen LogP contribution in [0.4, 0.5) is 5.69 Å². The lowest BCUT2D eigenvalue weighted by molar-refractivity contribution is -0.115. The van der Waals surface area contributed by atoms with Gasteiger partial charge in [0.25, 0.3) is 0 Å². The van der Waals surface area contributed by atoms with E-state index < -0.39 is 0 Å². The van der Waals surface area contributed by atoms with Gasteiger partial charge in [0, 0.05) is 11.7 Å². The SMILES string of the molecule is Cc1cc(C)c(NC(=O)CN[C@H](C)c2ccccc2)c(C)c1. The Morgan fingerprint density at radius 2 is 1.64 bits per heavy atom. The molecule has 2 rings (SSSR count). The van der Waals surface area contributed by atoms with Gasteiger partial charge < -0.3 is 10.6 Å². The molecule has 0 spiro atoms. The second-order valence-corrected chi connectivity index (χ2v) is 5.84. The molecule has 0 saturated carbocycles. The molecule has 0 heterocycles. The maximum absolute atomic E-state index is 12.2. The summed E-state index contributed by atoms with van der Waals surface area (Å²) in [6.45, 7) is 8.47. The second-order valence-electron chi connectivity index (χ2n) is 5.84. The molecule has 0 aliphatic rings. The molecule has 3 heteroatoms. The van der Waals surface area contributed by atoms with Crippen molar-refractivity contribution in [3.8, 4) is 0 Å². The standard InChI is InChI=1S/C19H24N2O/c1-13-10-14(2)19(15(3)11-13)21-18(22)12-20-16(4)17-8-6-5-7-9-17/h5-11,16,20H,12H2,1-4H3,(H,21,22)/t16-/m1/s1. The van der Waals surface area contributed by atoms with Crippen LogP contribution in [0.2, 0.25) is 0 Å². The minimum absolute atomic E-state index is 0.0159. The molecular weight excluding hydrogens is 272 g/mol. The lowest BCUT2D eigenvalue weighted by Gasteiger charge is -2.16. The van der Waals surface area contributed by atoms with E-state index in [1.807, 2.05) is 32.0 Å². The van der Waals surface area contributed by atoms with Crippen LogP contribution >= 0.6 is 0 Å². The average Bonchev–Trinajstić information content (AvgIpc) is 2.49. The molecular formula is C19H24N2O. The van der Waals surface area contributed by atoms with Gasteiger partial charge in [0.05, 0.1) is 6.54 Å². The van der Waals surface area contributed by atoms with Gasteiger partial charge in [-0.1, -0.05) is 48.0 Å². The third kappa shape index (κ3) is 4.18. The lowest BCUT2D eigenvalue weighted by atomic mass is 10.1. The lowest BCUT2D eigenvalue weighted by Crippen LogP contribution is -2.30. The molecule has 0 fully saturated rings. The number of anilines is 1. The van der Waals surface area contributed by atoms with Crippen molar-refractivity contribution >= 4 is 11.6 Å². The first-order valence-corrected chi connectivity index (χ1v) is 7.63. The number of amides is 1. The molecule has 0 aliphatic heterocycles. The third-order valence-corrected chi connectivity index (χ3v) is 3.81. The van der Waals surface area contributed by atoms with Crippen molar-refractivity contribution in [1.29, 1.82) is 0 Å². The van der Waals surface area contributed by atoms with Crippen molar-refractivity contribution in [2.45, 2.75) is 33.7 Å². The van der Waals surface area contributed by atoms with E-state index in [1.165, 1.54) is 11.1 Å². The largest absolute Gasteiger partial charge is 0.324 e. The van der Waals surface area contributed by atoms with Crippen molar-refractivity contribution in [2.75, 3.05) is 11.9 Å².